The van der Waals surface area contributed by atoms with E-state index >= 15 is 0 Å². The van der Waals surface area contributed by atoms with Crippen molar-refractivity contribution in [1.82, 2.24) is 9.80 Å². The molecule has 5 nitrogen and oxygen atoms in total. The molecule has 2 rings (SSSR count). The molecule has 2 saturated heterocycles. The van der Waals surface area contributed by atoms with Crippen LogP contribution in [0.3, 0.4) is 0 Å². The van der Waals surface area contributed by atoms with Gasteiger partial charge in [0.15, 0.2) is 0 Å². The topological polar surface area (TPSA) is 49.9 Å². The zero-order valence-electron chi connectivity index (χ0n) is 6.82. The molecule has 5 heteroatoms. The fourth-order valence-corrected chi connectivity index (χ4v) is 1.55. The lowest BCUT2D eigenvalue weighted by Gasteiger charge is -2.26. The number of imide groups is 1. The molecule has 2 heterocycles. The van der Waals surface area contributed by atoms with Gasteiger partial charge in [-0.05, 0) is 0 Å². The van der Waals surface area contributed by atoms with E-state index in [2.05, 4.69) is 0 Å². The SMILES string of the molecule is CN1C(=O)[C@H]2COCCN2C1=O. The Morgan fingerprint density at radius 1 is 1.50 bits per heavy atom. The lowest BCUT2D eigenvalue weighted by Crippen LogP contribution is -2.45. The lowest BCUT2D eigenvalue weighted by molar-refractivity contribution is -0.130. The minimum atomic E-state index is -0.365. The maximum Gasteiger partial charge on any atom is 0.327 e. The molecule has 1 atom stereocenters. The van der Waals surface area contributed by atoms with E-state index in [1.807, 2.05) is 0 Å². The Balaban J connectivity index is 2.25. The number of morpholine rings is 1. The van der Waals surface area contributed by atoms with Gasteiger partial charge < -0.3 is 9.64 Å². The number of hydrogen-bond acceptors (Lipinski definition) is 3. The Morgan fingerprint density at radius 2 is 2.25 bits per heavy atom. The molecule has 3 amide bonds. The predicted molar refractivity (Wildman–Crippen MR) is 39.5 cm³/mol. The maximum absolute atomic E-state index is 11.3. The van der Waals surface area contributed by atoms with Crippen molar-refractivity contribution in [2.24, 2.45) is 0 Å². The van der Waals surface area contributed by atoms with Crippen molar-refractivity contribution in [1.29, 1.82) is 0 Å². The van der Waals surface area contributed by atoms with Crippen molar-refractivity contribution in [3.63, 3.8) is 0 Å². The van der Waals surface area contributed by atoms with Crippen LogP contribution in [0.5, 0.6) is 0 Å². The highest BCUT2D eigenvalue weighted by Gasteiger charge is 2.44. The molecular formula is C7H10N2O3. The van der Waals surface area contributed by atoms with Crippen LogP contribution in [0.25, 0.3) is 0 Å². The molecule has 0 aliphatic carbocycles. The summed E-state index contributed by atoms with van der Waals surface area (Å²) in [5.41, 5.74) is 0. The number of hydrogen-bond donors (Lipinski definition) is 0. The second-order valence-electron chi connectivity index (χ2n) is 2.96. The summed E-state index contributed by atoms with van der Waals surface area (Å²) in [4.78, 5) is 25.4. The van der Waals surface area contributed by atoms with Crippen LogP contribution < -0.4 is 0 Å². The molecule has 0 bridgehead atoms. The summed E-state index contributed by atoms with van der Waals surface area (Å²) in [6, 6.07) is -0.565. The van der Waals surface area contributed by atoms with Gasteiger partial charge in [-0.3, -0.25) is 9.69 Å². The third-order valence-electron chi connectivity index (χ3n) is 2.28. The fraction of sp³-hybridized carbons (Fsp3) is 0.714. The first-order valence-electron chi connectivity index (χ1n) is 3.87. The van der Waals surface area contributed by atoms with Crippen LogP contribution in [0.4, 0.5) is 4.79 Å². The summed E-state index contributed by atoms with van der Waals surface area (Å²) in [5, 5.41) is 0. The summed E-state index contributed by atoms with van der Waals surface area (Å²) in [6.45, 7) is 1.40. The highest BCUT2D eigenvalue weighted by molar-refractivity contribution is 6.04. The van der Waals surface area contributed by atoms with Gasteiger partial charge in [-0.1, -0.05) is 0 Å². The minimum Gasteiger partial charge on any atom is -0.377 e. The number of carbonyl (C=O) groups excluding carboxylic acids is 2. The first-order valence-corrected chi connectivity index (χ1v) is 3.87. The summed E-state index contributed by atoms with van der Waals surface area (Å²) in [6.07, 6.45) is 0. The molecule has 2 aliphatic heterocycles. The van der Waals surface area contributed by atoms with Crippen LogP contribution in [-0.2, 0) is 9.53 Å². The summed E-state index contributed by atoms with van der Waals surface area (Å²) < 4.78 is 5.11. The number of carbonyl (C=O) groups is 2. The number of nitrogens with zero attached hydrogens (tertiary/aromatic N) is 2. The molecule has 12 heavy (non-hydrogen) atoms. The number of likely N-dealkylation sites (N-methyl/N-ethyl adjacent to an activating group) is 1. The van der Waals surface area contributed by atoms with Gasteiger partial charge in [0.05, 0.1) is 13.2 Å². The van der Waals surface area contributed by atoms with Gasteiger partial charge >= 0.3 is 6.03 Å². The van der Waals surface area contributed by atoms with Crippen molar-refractivity contribution in [2.45, 2.75) is 6.04 Å². The largest absolute Gasteiger partial charge is 0.377 e. The van der Waals surface area contributed by atoms with E-state index in [4.69, 9.17) is 4.74 Å². The first kappa shape index (κ1) is 7.54. The zero-order chi connectivity index (χ0) is 8.72. The quantitative estimate of drug-likeness (QED) is 0.451. The summed E-state index contributed by atoms with van der Waals surface area (Å²) in [5.74, 6) is -0.153. The second-order valence-corrected chi connectivity index (χ2v) is 2.96. The standard InChI is InChI=1S/C7H10N2O3/c1-8-6(10)5-4-12-3-2-9(5)7(8)11/h5H,2-4H2,1H3/t5-/m1/s1. The average molecular weight is 170 g/mol. The van der Waals surface area contributed by atoms with E-state index < -0.39 is 0 Å². The number of rotatable bonds is 0. The normalized spacial score (nSPS) is 29.6. The molecule has 2 aliphatic rings. The van der Waals surface area contributed by atoms with Gasteiger partial charge in [-0.25, -0.2) is 4.79 Å². The minimum absolute atomic E-state index is 0.153. The molecule has 0 unspecified atom stereocenters. The van der Waals surface area contributed by atoms with Crippen molar-refractivity contribution in [2.75, 3.05) is 26.8 Å². The van der Waals surface area contributed by atoms with E-state index in [1.54, 1.807) is 4.90 Å². The van der Waals surface area contributed by atoms with Gasteiger partial charge in [0.1, 0.15) is 6.04 Å². The molecule has 66 valence electrons. The van der Waals surface area contributed by atoms with E-state index in [1.165, 1.54) is 7.05 Å². The number of fused-ring (bicyclic) bond motifs is 1. The van der Waals surface area contributed by atoms with Gasteiger partial charge in [0.2, 0.25) is 0 Å². The Bertz CT molecular complexity index is 217. The van der Waals surface area contributed by atoms with Crippen molar-refractivity contribution in [3.05, 3.63) is 0 Å². The van der Waals surface area contributed by atoms with E-state index in [0.717, 1.165) is 4.90 Å². The van der Waals surface area contributed by atoms with Crippen LogP contribution >= 0.6 is 0 Å². The Labute approximate surface area is 69.9 Å². The third kappa shape index (κ3) is 0.828. The lowest BCUT2D eigenvalue weighted by atomic mass is 10.2. The molecule has 0 aromatic rings. The zero-order valence-corrected chi connectivity index (χ0v) is 6.82. The number of urea groups is 1. The predicted octanol–water partition coefficient (Wildman–Crippen LogP) is -0.721. The maximum atomic E-state index is 11.3. The van der Waals surface area contributed by atoms with Crippen molar-refractivity contribution < 1.29 is 14.3 Å². The Hall–Kier alpha value is -1.10. The second kappa shape index (κ2) is 2.45. The molecule has 0 aromatic heterocycles. The molecule has 0 radical (unpaired) electrons. The van der Waals surface area contributed by atoms with Crippen molar-refractivity contribution in [3.8, 4) is 0 Å². The van der Waals surface area contributed by atoms with Crippen LogP contribution in [0.1, 0.15) is 0 Å². The highest BCUT2D eigenvalue weighted by Crippen LogP contribution is 2.18. The molecule has 2 fully saturated rings. The van der Waals surface area contributed by atoms with Gasteiger partial charge in [-0.15, -0.1) is 0 Å². The Morgan fingerprint density at radius 3 is 2.92 bits per heavy atom. The molecule has 0 spiro atoms. The smallest absolute Gasteiger partial charge is 0.327 e. The van der Waals surface area contributed by atoms with E-state index in [0.29, 0.717) is 19.8 Å². The summed E-state index contributed by atoms with van der Waals surface area (Å²) >= 11 is 0. The highest BCUT2D eigenvalue weighted by atomic mass is 16.5. The van der Waals surface area contributed by atoms with Crippen LogP contribution in [0.2, 0.25) is 0 Å². The van der Waals surface area contributed by atoms with Gasteiger partial charge in [0, 0.05) is 13.6 Å². The van der Waals surface area contributed by atoms with E-state index in [-0.39, 0.29) is 18.0 Å². The monoisotopic (exact) mass is 170 g/mol. The molecular weight excluding hydrogens is 160 g/mol. The Kier molecular flexibility index (Phi) is 1.54. The fourth-order valence-electron chi connectivity index (χ4n) is 1.55. The van der Waals surface area contributed by atoms with Crippen molar-refractivity contribution >= 4 is 11.9 Å². The summed E-state index contributed by atoms with van der Waals surface area (Å²) in [7, 11) is 1.50. The molecule has 0 N–H and O–H groups in total. The average Bonchev–Trinajstić information content (AvgIpc) is 2.33. The number of ether oxygens (including phenoxy) is 1. The van der Waals surface area contributed by atoms with Crippen LogP contribution in [0.15, 0.2) is 0 Å². The third-order valence-corrected chi connectivity index (χ3v) is 2.28. The van der Waals surface area contributed by atoms with Crippen LogP contribution in [0, 0.1) is 0 Å². The van der Waals surface area contributed by atoms with Gasteiger partial charge in [-0.2, -0.15) is 0 Å². The van der Waals surface area contributed by atoms with Crippen LogP contribution in [-0.4, -0.2) is 54.6 Å². The van der Waals surface area contributed by atoms with E-state index in [9.17, 15) is 9.59 Å². The first-order chi connectivity index (χ1) is 5.72. The molecule has 0 saturated carbocycles. The van der Waals surface area contributed by atoms with Gasteiger partial charge in [0.25, 0.3) is 5.91 Å². The molecule has 0 aromatic carbocycles. The number of amides is 3.